The summed E-state index contributed by atoms with van der Waals surface area (Å²) in [5.41, 5.74) is 8.13. The molecule has 0 bridgehead atoms. The van der Waals surface area contributed by atoms with Gasteiger partial charge in [-0.15, -0.1) is 0 Å². The Morgan fingerprint density at radius 3 is 2.85 bits per heavy atom. The zero-order chi connectivity index (χ0) is 9.42. The van der Waals surface area contributed by atoms with E-state index < -0.39 is 0 Å². The summed E-state index contributed by atoms with van der Waals surface area (Å²) in [6, 6.07) is 0. The first kappa shape index (κ1) is 7.97. The van der Waals surface area contributed by atoms with Crippen molar-refractivity contribution in [1.29, 1.82) is 0 Å². The Hall–Kier alpha value is -1.65. The fourth-order valence-corrected chi connectivity index (χ4v) is 1.28. The number of aromatic nitrogens is 4. The molecular weight excluding hydrogens is 166 g/mol. The van der Waals surface area contributed by atoms with Gasteiger partial charge in [-0.05, 0) is 5.92 Å². The third kappa shape index (κ3) is 1.12. The maximum absolute atomic E-state index is 5.65. The van der Waals surface area contributed by atoms with E-state index in [1.807, 2.05) is 0 Å². The average Bonchev–Trinajstić information content (AvgIpc) is 2.48. The second-order valence-electron chi connectivity index (χ2n) is 3.25. The highest BCUT2D eigenvalue weighted by atomic mass is 15.1. The van der Waals surface area contributed by atoms with E-state index in [1.165, 1.54) is 6.33 Å². The van der Waals surface area contributed by atoms with Crippen LogP contribution in [-0.4, -0.2) is 20.2 Å². The molecule has 0 amide bonds. The second kappa shape index (κ2) is 2.69. The van der Waals surface area contributed by atoms with Gasteiger partial charge in [-0.25, -0.2) is 9.97 Å². The lowest BCUT2D eigenvalue weighted by Crippen LogP contribution is -1.93. The Bertz CT molecular complexity index is 431. The highest BCUT2D eigenvalue weighted by Gasteiger charge is 2.12. The maximum atomic E-state index is 5.65. The van der Waals surface area contributed by atoms with Crippen molar-refractivity contribution in [2.75, 3.05) is 5.73 Å². The van der Waals surface area contributed by atoms with Crippen molar-refractivity contribution in [3.63, 3.8) is 0 Å². The predicted molar refractivity (Wildman–Crippen MR) is 50.2 cm³/mol. The van der Waals surface area contributed by atoms with Crippen LogP contribution in [-0.2, 0) is 0 Å². The number of nitrogen functional groups attached to an aromatic ring is 1. The quantitative estimate of drug-likeness (QED) is 0.682. The van der Waals surface area contributed by atoms with Gasteiger partial charge in [0.2, 0.25) is 0 Å². The largest absolute Gasteiger partial charge is 0.382 e. The van der Waals surface area contributed by atoms with Gasteiger partial charge in [0.15, 0.2) is 5.82 Å². The summed E-state index contributed by atoms with van der Waals surface area (Å²) < 4.78 is 0. The van der Waals surface area contributed by atoms with Crippen LogP contribution in [0.4, 0.5) is 5.82 Å². The van der Waals surface area contributed by atoms with Crippen LogP contribution in [0.5, 0.6) is 0 Å². The zero-order valence-electron chi connectivity index (χ0n) is 7.57. The summed E-state index contributed by atoms with van der Waals surface area (Å²) in [7, 11) is 0. The molecule has 0 atom stereocenters. The lowest BCUT2D eigenvalue weighted by atomic mass is 10.1. The molecule has 0 unspecified atom stereocenters. The first-order valence-corrected chi connectivity index (χ1v) is 4.14. The minimum absolute atomic E-state index is 0.336. The van der Waals surface area contributed by atoms with E-state index in [-0.39, 0.29) is 0 Å². The Balaban J connectivity index is 2.75. The number of fused-ring (bicyclic) bond motifs is 1. The van der Waals surface area contributed by atoms with Gasteiger partial charge >= 0.3 is 0 Å². The summed E-state index contributed by atoms with van der Waals surface area (Å²) in [4.78, 5) is 8.01. The topological polar surface area (TPSA) is 80.5 Å². The number of nitrogens with zero attached hydrogens (tertiary/aromatic N) is 3. The van der Waals surface area contributed by atoms with Gasteiger partial charge in [-0.2, -0.15) is 5.10 Å². The van der Waals surface area contributed by atoms with Gasteiger partial charge in [-0.1, -0.05) is 13.8 Å². The molecule has 2 heterocycles. The molecule has 2 rings (SSSR count). The van der Waals surface area contributed by atoms with Crippen LogP contribution < -0.4 is 5.73 Å². The van der Waals surface area contributed by atoms with Crippen LogP contribution in [0.3, 0.4) is 0 Å². The third-order valence-electron chi connectivity index (χ3n) is 1.95. The number of aromatic amines is 1. The molecule has 0 fully saturated rings. The molecule has 13 heavy (non-hydrogen) atoms. The summed E-state index contributed by atoms with van der Waals surface area (Å²) in [5.74, 6) is 0.785. The number of hydrogen-bond acceptors (Lipinski definition) is 4. The van der Waals surface area contributed by atoms with Gasteiger partial charge < -0.3 is 5.73 Å². The monoisotopic (exact) mass is 177 g/mol. The first-order valence-electron chi connectivity index (χ1n) is 4.14. The molecule has 5 nitrogen and oxygen atoms in total. The van der Waals surface area contributed by atoms with Crippen LogP contribution in [0.15, 0.2) is 6.33 Å². The molecule has 0 aliphatic heterocycles. The van der Waals surface area contributed by atoms with Crippen molar-refractivity contribution >= 4 is 16.9 Å². The van der Waals surface area contributed by atoms with Gasteiger partial charge in [-0.3, -0.25) is 5.10 Å². The smallest absolute Gasteiger partial charge is 0.152 e. The Morgan fingerprint density at radius 1 is 1.38 bits per heavy atom. The van der Waals surface area contributed by atoms with E-state index in [2.05, 4.69) is 34.0 Å². The highest BCUT2D eigenvalue weighted by Crippen LogP contribution is 2.22. The molecule has 0 aromatic carbocycles. The van der Waals surface area contributed by atoms with Crippen LogP contribution in [0, 0.1) is 0 Å². The normalized spacial score (nSPS) is 11.3. The molecule has 0 aliphatic carbocycles. The van der Waals surface area contributed by atoms with E-state index in [9.17, 15) is 0 Å². The maximum Gasteiger partial charge on any atom is 0.152 e. The molecule has 68 valence electrons. The van der Waals surface area contributed by atoms with Crippen molar-refractivity contribution in [3.8, 4) is 0 Å². The zero-order valence-corrected chi connectivity index (χ0v) is 7.57. The van der Waals surface area contributed by atoms with E-state index in [1.54, 1.807) is 0 Å². The number of nitrogens with one attached hydrogen (secondary N) is 1. The second-order valence-corrected chi connectivity index (χ2v) is 3.25. The molecule has 0 radical (unpaired) electrons. The van der Waals surface area contributed by atoms with Crippen molar-refractivity contribution in [3.05, 3.63) is 12.0 Å². The van der Waals surface area contributed by atoms with Crippen molar-refractivity contribution in [2.24, 2.45) is 0 Å². The number of anilines is 1. The summed E-state index contributed by atoms with van der Waals surface area (Å²) in [5, 5.41) is 6.99. The summed E-state index contributed by atoms with van der Waals surface area (Å²) in [6.45, 7) is 4.13. The third-order valence-corrected chi connectivity index (χ3v) is 1.95. The number of H-pyrrole nitrogens is 1. The van der Waals surface area contributed by atoms with Gasteiger partial charge in [0.1, 0.15) is 17.4 Å². The lowest BCUT2D eigenvalue weighted by Gasteiger charge is -1.98. The van der Waals surface area contributed by atoms with E-state index in [0.29, 0.717) is 11.7 Å². The molecule has 5 heteroatoms. The highest BCUT2D eigenvalue weighted by molar-refractivity contribution is 5.85. The molecule has 0 saturated carbocycles. The Morgan fingerprint density at radius 2 is 2.15 bits per heavy atom. The van der Waals surface area contributed by atoms with Crippen molar-refractivity contribution < 1.29 is 0 Å². The molecule has 0 saturated heterocycles. The lowest BCUT2D eigenvalue weighted by molar-refractivity contribution is 0.815. The average molecular weight is 177 g/mol. The van der Waals surface area contributed by atoms with E-state index in [0.717, 1.165) is 16.7 Å². The Labute approximate surface area is 75.4 Å². The summed E-state index contributed by atoms with van der Waals surface area (Å²) in [6.07, 6.45) is 1.46. The predicted octanol–water partition coefficient (Wildman–Crippen LogP) is 1.06. The summed E-state index contributed by atoms with van der Waals surface area (Å²) >= 11 is 0. The van der Waals surface area contributed by atoms with Gasteiger partial charge in [0.25, 0.3) is 0 Å². The number of rotatable bonds is 1. The van der Waals surface area contributed by atoms with E-state index >= 15 is 0 Å². The SMILES string of the molecule is CC(C)c1n[nH]c2c(N)ncnc12. The van der Waals surface area contributed by atoms with Crippen LogP contribution in [0.2, 0.25) is 0 Å². The van der Waals surface area contributed by atoms with Crippen molar-refractivity contribution in [1.82, 2.24) is 20.2 Å². The molecule has 0 aliphatic rings. The van der Waals surface area contributed by atoms with Gasteiger partial charge in [0.05, 0.1) is 5.69 Å². The first-order chi connectivity index (χ1) is 6.20. The fraction of sp³-hybridized carbons (Fsp3) is 0.375. The van der Waals surface area contributed by atoms with Crippen molar-refractivity contribution in [2.45, 2.75) is 19.8 Å². The molecular formula is C8H11N5. The Kier molecular flexibility index (Phi) is 1.65. The molecule has 0 spiro atoms. The number of nitrogens with two attached hydrogens (primary N) is 1. The minimum Gasteiger partial charge on any atom is -0.382 e. The fourth-order valence-electron chi connectivity index (χ4n) is 1.28. The van der Waals surface area contributed by atoms with Gasteiger partial charge in [0, 0.05) is 0 Å². The molecule has 3 N–H and O–H groups in total. The van der Waals surface area contributed by atoms with Crippen LogP contribution in [0.25, 0.3) is 11.0 Å². The number of hydrogen-bond donors (Lipinski definition) is 2. The minimum atomic E-state index is 0.336. The molecule has 2 aromatic rings. The van der Waals surface area contributed by atoms with Crippen LogP contribution >= 0.6 is 0 Å². The molecule has 2 aromatic heterocycles. The van der Waals surface area contributed by atoms with Crippen LogP contribution in [0.1, 0.15) is 25.5 Å². The standard InChI is InChI=1S/C8H11N5/c1-4(2)5-6-7(13-12-5)8(9)11-3-10-6/h3-4H,1-2H3,(H,12,13)(H2,9,10,11). The van der Waals surface area contributed by atoms with E-state index in [4.69, 9.17) is 5.73 Å².